The number of carbonyl (C=O) groups is 1. The van der Waals surface area contributed by atoms with E-state index in [1.54, 1.807) is 19.1 Å². The molecule has 0 saturated heterocycles. The maximum atomic E-state index is 11.6. The highest BCUT2D eigenvalue weighted by atomic mass is 16.3. The van der Waals surface area contributed by atoms with Gasteiger partial charge in [0.1, 0.15) is 0 Å². The highest BCUT2D eigenvalue weighted by Gasteiger charge is 2.13. The van der Waals surface area contributed by atoms with Crippen molar-refractivity contribution < 1.29 is 20.1 Å². The Morgan fingerprint density at radius 1 is 1.29 bits per heavy atom. The van der Waals surface area contributed by atoms with Crippen molar-refractivity contribution in [1.82, 2.24) is 5.32 Å². The molecule has 1 rings (SSSR count). The number of aromatic hydroxyl groups is 3. The summed E-state index contributed by atoms with van der Waals surface area (Å²) in [5.41, 5.74) is 0.396. The fourth-order valence-corrected chi connectivity index (χ4v) is 1.20. The van der Waals surface area contributed by atoms with E-state index < -0.39 is 23.2 Å². The summed E-state index contributed by atoms with van der Waals surface area (Å²) >= 11 is 0. The minimum Gasteiger partial charge on any atom is -0.504 e. The van der Waals surface area contributed by atoms with Gasteiger partial charge in [0, 0.05) is 11.3 Å². The Labute approximate surface area is 98.3 Å². The second-order valence-corrected chi connectivity index (χ2v) is 3.34. The standard InChI is InChI=1S/C12H13NO4/c1-3-4-7(2)13-12(17)8-5-9(14)11(16)10(15)6-8/h3-6,14-16H,2H2,1H3,(H,13,17)/b4-3-. The van der Waals surface area contributed by atoms with Gasteiger partial charge in [-0.3, -0.25) is 4.79 Å². The molecule has 5 nitrogen and oxygen atoms in total. The molecule has 0 fully saturated rings. The lowest BCUT2D eigenvalue weighted by molar-refractivity contribution is 0.0966. The summed E-state index contributed by atoms with van der Waals surface area (Å²) in [5, 5.41) is 30.0. The Kier molecular flexibility index (Phi) is 3.77. The topological polar surface area (TPSA) is 89.8 Å². The molecule has 90 valence electrons. The summed E-state index contributed by atoms with van der Waals surface area (Å²) in [6, 6.07) is 2.10. The first-order valence-corrected chi connectivity index (χ1v) is 4.83. The first-order valence-electron chi connectivity index (χ1n) is 4.83. The van der Waals surface area contributed by atoms with E-state index in [1.807, 2.05) is 0 Å². The molecule has 1 amide bonds. The van der Waals surface area contributed by atoms with Crippen LogP contribution in [0.15, 0.2) is 36.6 Å². The largest absolute Gasteiger partial charge is 0.504 e. The zero-order valence-corrected chi connectivity index (χ0v) is 9.27. The van der Waals surface area contributed by atoms with Gasteiger partial charge in [-0.05, 0) is 25.1 Å². The predicted molar refractivity (Wildman–Crippen MR) is 62.9 cm³/mol. The highest BCUT2D eigenvalue weighted by Crippen LogP contribution is 2.35. The smallest absolute Gasteiger partial charge is 0.255 e. The van der Waals surface area contributed by atoms with Crippen molar-refractivity contribution in [3.05, 3.63) is 42.1 Å². The van der Waals surface area contributed by atoms with E-state index in [1.165, 1.54) is 0 Å². The number of allylic oxidation sites excluding steroid dienone is 2. The molecule has 0 spiro atoms. The number of phenols is 3. The van der Waals surface area contributed by atoms with Gasteiger partial charge in [-0.15, -0.1) is 0 Å². The monoisotopic (exact) mass is 235 g/mol. The molecule has 0 heterocycles. The Balaban J connectivity index is 2.94. The predicted octanol–water partition coefficient (Wildman–Crippen LogP) is 1.62. The molecular formula is C12H13NO4. The summed E-state index contributed by atoms with van der Waals surface area (Å²) in [4.78, 5) is 11.6. The number of amides is 1. The van der Waals surface area contributed by atoms with Crippen LogP contribution in [-0.4, -0.2) is 21.2 Å². The van der Waals surface area contributed by atoms with Crippen LogP contribution in [0.1, 0.15) is 17.3 Å². The van der Waals surface area contributed by atoms with Crippen molar-refractivity contribution in [2.45, 2.75) is 6.92 Å². The van der Waals surface area contributed by atoms with Crippen LogP contribution < -0.4 is 5.32 Å². The van der Waals surface area contributed by atoms with Gasteiger partial charge in [-0.1, -0.05) is 12.7 Å². The third kappa shape index (κ3) is 3.01. The van der Waals surface area contributed by atoms with E-state index in [2.05, 4.69) is 11.9 Å². The third-order valence-corrected chi connectivity index (χ3v) is 1.97. The van der Waals surface area contributed by atoms with Crippen LogP contribution in [0.3, 0.4) is 0 Å². The number of rotatable bonds is 3. The number of nitrogens with one attached hydrogen (secondary N) is 1. The molecule has 0 bridgehead atoms. The second-order valence-electron chi connectivity index (χ2n) is 3.34. The van der Waals surface area contributed by atoms with Crippen LogP contribution >= 0.6 is 0 Å². The molecule has 0 aliphatic carbocycles. The minimum absolute atomic E-state index is 0.0171. The first kappa shape index (κ1) is 12.6. The van der Waals surface area contributed by atoms with E-state index >= 15 is 0 Å². The summed E-state index contributed by atoms with van der Waals surface area (Å²) in [6.07, 6.45) is 3.30. The molecule has 0 atom stereocenters. The van der Waals surface area contributed by atoms with Gasteiger partial charge in [0.05, 0.1) is 0 Å². The van der Waals surface area contributed by atoms with Crippen LogP contribution in [0.4, 0.5) is 0 Å². The van der Waals surface area contributed by atoms with Crippen molar-refractivity contribution >= 4 is 5.91 Å². The lowest BCUT2D eigenvalue weighted by atomic mass is 10.1. The molecule has 0 unspecified atom stereocenters. The molecule has 1 aromatic rings. The van der Waals surface area contributed by atoms with Gasteiger partial charge in [-0.2, -0.15) is 0 Å². The summed E-state index contributed by atoms with van der Waals surface area (Å²) in [6.45, 7) is 5.35. The molecule has 0 aromatic heterocycles. The van der Waals surface area contributed by atoms with Crippen molar-refractivity contribution in [3.8, 4) is 17.2 Å². The number of benzene rings is 1. The number of hydrogen-bond acceptors (Lipinski definition) is 4. The first-order chi connectivity index (χ1) is 7.95. The average molecular weight is 235 g/mol. The van der Waals surface area contributed by atoms with Crippen LogP contribution in [-0.2, 0) is 0 Å². The molecule has 1 aromatic carbocycles. The van der Waals surface area contributed by atoms with Gasteiger partial charge in [0.25, 0.3) is 5.91 Å². The van der Waals surface area contributed by atoms with Crippen LogP contribution in [0.5, 0.6) is 17.2 Å². The molecule has 5 heteroatoms. The van der Waals surface area contributed by atoms with Gasteiger partial charge >= 0.3 is 0 Å². The second kappa shape index (κ2) is 5.07. The van der Waals surface area contributed by atoms with Crippen LogP contribution in [0.2, 0.25) is 0 Å². The molecule has 4 N–H and O–H groups in total. The van der Waals surface area contributed by atoms with Gasteiger partial charge in [0.2, 0.25) is 0 Å². The van der Waals surface area contributed by atoms with Crippen LogP contribution in [0, 0.1) is 0 Å². The summed E-state index contributed by atoms with van der Waals surface area (Å²) < 4.78 is 0. The fourth-order valence-electron chi connectivity index (χ4n) is 1.20. The molecular weight excluding hydrogens is 222 g/mol. The van der Waals surface area contributed by atoms with Crippen molar-refractivity contribution in [3.63, 3.8) is 0 Å². The summed E-state index contributed by atoms with van der Waals surface area (Å²) in [5.74, 6) is -2.33. The lowest BCUT2D eigenvalue weighted by Gasteiger charge is -2.07. The molecule has 0 radical (unpaired) electrons. The van der Waals surface area contributed by atoms with Crippen molar-refractivity contribution in [2.75, 3.05) is 0 Å². The fraction of sp³-hybridized carbons (Fsp3) is 0.0833. The molecule has 17 heavy (non-hydrogen) atoms. The quantitative estimate of drug-likeness (QED) is 0.473. The molecule has 0 aliphatic rings. The summed E-state index contributed by atoms with van der Waals surface area (Å²) in [7, 11) is 0. The van der Waals surface area contributed by atoms with E-state index in [4.69, 9.17) is 5.11 Å². The Bertz CT molecular complexity index is 468. The van der Waals surface area contributed by atoms with Gasteiger partial charge in [-0.25, -0.2) is 0 Å². The lowest BCUT2D eigenvalue weighted by Crippen LogP contribution is -2.21. The maximum absolute atomic E-state index is 11.6. The normalized spacial score (nSPS) is 10.4. The van der Waals surface area contributed by atoms with Gasteiger partial charge < -0.3 is 20.6 Å². The average Bonchev–Trinajstić information content (AvgIpc) is 2.25. The number of carbonyl (C=O) groups excluding carboxylic acids is 1. The molecule has 0 saturated carbocycles. The van der Waals surface area contributed by atoms with E-state index in [9.17, 15) is 15.0 Å². The molecule has 0 aliphatic heterocycles. The van der Waals surface area contributed by atoms with E-state index in [0.29, 0.717) is 5.70 Å². The Morgan fingerprint density at radius 3 is 2.29 bits per heavy atom. The Morgan fingerprint density at radius 2 is 1.82 bits per heavy atom. The zero-order valence-electron chi connectivity index (χ0n) is 9.27. The van der Waals surface area contributed by atoms with Crippen molar-refractivity contribution in [2.24, 2.45) is 0 Å². The minimum atomic E-state index is -0.658. The van der Waals surface area contributed by atoms with E-state index in [-0.39, 0.29) is 5.56 Å². The Hall–Kier alpha value is -2.43. The van der Waals surface area contributed by atoms with Gasteiger partial charge in [0.15, 0.2) is 17.2 Å². The zero-order chi connectivity index (χ0) is 13.0. The van der Waals surface area contributed by atoms with Crippen molar-refractivity contribution in [1.29, 1.82) is 0 Å². The number of hydrogen-bond donors (Lipinski definition) is 4. The third-order valence-electron chi connectivity index (χ3n) is 1.97. The maximum Gasteiger partial charge on any atom is 0.255 e. The van der Waals surface area contributed by atoms with Crippen LogP contribution in [0.25, 0.3) is 0 Å². The number of phenolic OH excluding ortho intramolecular Hbond substituents is 3. The highest BCUT2D eigenvalue weighted by molar-refractivity contribution is 5.96. The van der Waals surface area contributed by atoms with E-state index in [0.717, 1.165) is 12.1 Å². The SMILES string of the molecule is C=C(/C=C\C)NC(=O)c1cc(O)c(O)c(O)c1.